The average molecular weight is 403 g/mol. The molecule has 1 heterocycles. The number of guanidine groups is 1. The molecule has 1 aromatic rings. The van der Waals surface area contributed by atoms with Crippen LogP contribution in [0.3, 0.4) is 0 Å². The smallest absolute Gasteiger partial charge is 0.251 e. The molecule has 29 heavy (non-hydrogen) atoms. The number of carbonyl (C=O) groups excluding carboxylic acids is 1. The van der Waals surface area contributed by atoms with Gasteiger partial charge in [0, 0.05) is 45.0 Å². The lowest BCUT2D eigenvalue weighted by Gasteiger charge is -2.26. The van der Waals surface area contributed by atoms with E-state index in [1.54, 1.807) is 0 Å². The van der Waals surface area contributed by atoms with Crippen LogP contribution in [0.1, 0.15) is 62.4 Å². The van der Waals surface area contributed by atoms with Gasteiger partial charge >= 0.3 is 0 Å². The van der Waals surface area contributed by atoms with E-state index in [0.29, 0.717) is 12.1 Å². The second-order valence-corrected chi connectivity index (χ2v) is 7.92. The number of nitrogens with zero attached hydrogens (tertiary/aromatic N) is 2. The van der Waals surface area contributed by atoms with Crippen molar-refractivity contribution in [3.8, 4) is 0 Å². The Balaban J connectivity index is 1.96. The molecule has 6 nitrogen and oxygen atoms in total. The van der Waals surface area contributed by atoms with Crippen molar-refractivity contribution in [2.45, 2.75) is 59.0 Å². The molecular weight excluding hydrogens is 364 g/mol. The van der Waals surface area contributed by atoms with Crippen molar-refractivity contribution in [2.75, 3.05) is 33.4 Å². The molecule has 1 fully saturated rings. The number of hydrogen-bond donors (Lipinski definition) is 2. The molecule has 162 valence electrons. The van der Waals surface area contributed by atoms with Crippen LogP contribution in [0.2, 0.25) is 0 Å². The van der Waals surface area contributed by atoms with Crippen molar-refractivity contribution in [1.82, 2.24) is 15.5 Å². The van der Waals surface area contributed by atoms with Gasteiger partial charge in [0.15, 0.2) is 5.96 Å². The van der Waals surface area contributed by atoms with Gasteiger partial charge in [0.2, 0.25) is 0 Å². The number of hydrogen-bond acceptors (Lipinski definition) is 3. The molecule has 0 saturated carbocycles. The molecule has 1 atom stereocenters. The third-order valence-corrected chi connectivity index (χ3v) is 5.50. The third-order valence-electron chi connectivity index (χ3n) is 5.50. The van der Waals surface area contributed by atoms with Crippen LogP contribution in [-0.2, 0) is 11.3 Å². The first kappa shape index (κ1) is 23.2. The average Bonchev–Trinajstić information content (AvgIpc) is 2.75. The van der Waals surface area contributed by atoms with E-state index in [0.717, 1.165) is 69.4 Å². The Labute approximate surface area is 176 Å². The molecule has 0 radical (unpaired) electrons. The van der Waals surface area contributed by atoms with Gasteiger partial charge in [0.25, 0.3) is 5.91 Å². The summed E-state index contributed by atoms with van der Waals surface area (Å²) in [6.45, 7) is 10.3. The molecule has 1 saturated heterocycles. The number of carbonyl (C=O) groups is 1. The minimum Gasteiger partial charge on any atom is -0.381 e. The van der Waals surface area contributed by atoms with Gasteiger partial charge in [0.1, 0.15) is 0 Å². The maximum Gasteiger partial charge on any atom is 0.251 e. The zero-order chi connectivity index (χ0) is 21.1. The first-order valence-electron chi connectivity index (χ1n) is 11.0. The minimum absolute atomic E-state index is 0.0225. The number of benzene rings is 1. The Morgan fingerprint density at radius 3 is 2.76 bits per heavy atom. The second-order valence-electron chi connectivity index (χ2n) is 7.92. The van der Waals surface area contributed by atoms with Crippen LogP contribution < -0.4 is 10.6 Å². The Morgan fingerprint density at radius 1 is 1.31 bits per heavy atom. The summed E-state index contributed by atoms with van der Waals surface area (Å²) < 4.78 is 5.46. The fourth-order valence-corrected chi connectivity index (χ4v) is 3.37. The summed E-state index contributed by atoms with van der Waals surface area (Å²) in [5.41, 5.74) is 1.73. The molecule has 0 aromatic heterocycles. The van der Waals surface area contributed by atoms with E-state index in [9.17, 15) is 4.79 Å². The summed E-state index contributed by atoms with van der Waals surface area (Å²) >= 11 is 0. The molecule has 0 aliphatic carbocycles. The van der Waals surface area contributed by atoms with Crippen LogP contribution in [0.4, 0.5) is 0 Å². The molecule has 6 heteroatoms. The van der Waals surface area contributed by atoms with E-state index in [4.69, 9.17) is 9.73 Å². The van der Waals surface area contributed by atoms with Crippen molar-refractivity contribution in [3.05, 3.63) is 35.4 Å². The van der Waals surface area contributed by atoms with E-state index in [1.165, 1.54) is 0 Å². The standard InChI is InChI=1S/C23H38N4O2/c1-5-18(3)26-22(28)21-9-7-8-20(16-21)17-25-23(24-6-2)27(4)13-10-19-11-14-29-15-12-19/h7-9,16,18-19H,5-6,10-15,17H2,1-4H3,(H,24,25)(H,26,28). The number of ether oxygens (including phenoxy) is 1. The first-order chi connectivity index (χ1) is 14.0. The van der Waals surface area contributed by atoms with E-state index in [1.807, 2.05) is 31.2 Å². The highest BCUT2D eigenvalue weighted by Crippen LogP contribution is 2.18. The Hall–Kier alpha value is -2.08. The van der Waals surface area contributed by atoms with Crippen molar-refractivity contribution in [2.24, 2.45) is 10.9 Å². The van der Waals surface area contributed by atoms with Crippen LogP contribution >= 0.6 is 0 Å². The molecule has 1 amide bonds. The van der Waals surface area contributed by atoms with Gasteiger partial charge in [-0.15, -0.1) is 0 Å². The summed E-state index contributed by atoms with van der Waals surface area (Å²) in [5.74, 6) is 1.63. The predicted octanol–water partition coefficient (Wildman–Crippen LogP) is 3.43. The fraction of sp³-hybridized carbons (Fsp3) is 0.652. The summed E-state index contributed by atoms with van der Waals surface area (Å²) in [6.07, 6.45) is 4.40. The number of aliphatic imine (C=N–C) groups is 1. The molecule has 2 rings (SSSR count). The normalized spacial score (nSPS) is 16.3. The van der Waals surface area contributed by atoms with Crippen molar-refractivity contribution in [3.63, 3.8) is 0 Å². The lowest BCUT2D eigenvalue weighted by Crippen LogP contribution is -2.40. The zero-order valence-corrected chi connectivity index (χ0v) is 18.5. The fourth-order valence-electron chi connectivity index (χ4n) is 3.37. The lowest BCUT2D eigenvalue weighted by atomic mass is 9.96. The van der Waals surface area contributed by atoms with E-state index >= 15 is 0 Å². The Bertz CT molecular complexity index is 656. The summed E-state index contributed by atoms with van der Waals surface area (Å²) in [4.78, 5) is 19.4. The zero-order valence-electron chi connectivity index (χ0n) is 18.5. The van der Waals surface area contributed by atoms with Crippen molar-refractivity contribution < 1.29 is 9.53 Å². The molecule has 0 bridgehead atoms. The highest BCUT2D eigenvalue weighted by molar-refractivity contribution is 5.94. The first-order valence-corrected chi connectivity index (χ1v) is 11.0. The highest BCUT2D eigenvalue weighted by atomic mass is 16.5. The monoisotopic (exact) mass is 402 g/mol. The van der Waals surface area contributed by atoms with Gasteiger partial charge in [0.05, 0.1) is 6.54 Å². The van der Waals surface area contributed by atoms with E-state index in [2.05, 4.69) is 36.4 Å². The van der Waals surface area contributed by atoms with Gasteiger partial charge in [-0.3, -0.25) is 4.79 Å². The summed E-state index contributed by atoms with van der Waals surface area (Å²) in [6, 6.07) is 7.92. The van der Waals surface area contributed by atoms with E-state index < -0.39 is 0 Å². The van der Waals surface area contributed by atoms with Gasteiger partial charge in [-0.2, -0.15) is 0 Å². The molecule has 0 spiro atoms. The van der Waals surface area contributed by atoms with Gasteiger partial charge in [-0.05, 0) is 63.1 Å². The largest absolute Gasteiger partial charge is 0.381 e. The van der Waals surface area contributed by atoms with Gasteiger partial charge in [-0.1, -0.05) is 19.1 Å². The Morgan fingerprint density at radius 2 is 2.07 bits per heavy atom. The molecular formula is C23H38N4O2. The highest BCUT2D eigenvalue weighted by Gasteiger charge is 2.15. The molecule has 1 aliphatic heterocycles. The third kappa shape index (κ3) is 8.05. The van der Waals surface area contributed by atoms with Crippen LogP contribution in [-0.4, -0.2) is 56.2 Å². The predicted molar refractivity (Wildman–Crippen MR) is 119 cm³/mol. The molecule has 1 aliphatic rings. The maximum absolute atomic E-state index is 12.4. The number of nitrogens with one attached hydrogen (secondary N) is 2. The van der Waals surface area contributed by atoms with Crippen LogP contribution in [0, 0.1) is 5.92 Å². The minimum atomic E-state index is -0.0225. The lowest BCUT2D eigenvalue weighted by molar-refractivity contribution is 0.0625. The second kappa shape index (κ2) is 12.5. The molecule has 1 unspecified atom stereocenters. The van der Waals surface area contributed by atoms with Crippen molar-refractivity contribution in [1.29, 1.82) is 0 Å². The van der Waals surface area contributed by atoms with Crippen LogP contribution in [0.5, 0.6) is 0 Å². The maximum atomic E-state index is 12.4. The SMILES string of the molecule is CCNC(=NCc1cccc(C(=O)NC(C)CC)c1)N(C)CCC1CCOCC1. The quantitative estimate of drug-likeness (QED) is 0.491. The van der Waals surface area contributed by atoms with Crippen molar-refractivity contribution >= 4 is 11.9 Å². The number of amides is 1. The topological polar surface area (TPSA) is 66.0 Å². The molecule has 2 N–H and O–H groups in total. The van der Waals surface area contributed by atoms with Gasteiger partial charge < -0.3 is 20.3 Å². The summed E-state index contributed by atoms with van der Waals surface area (Å²) in [7, 11) is 2.09. The number of rotatable bonds is 9. The molecule has 1 aromatic carbocycles. The van der Waals surface area contributed by atoms with E-state index in [-0.39, 0.29) is 11.9 Å². The van der Waals surface area contributed by atoms with Gasteiger partial charge in [-0.25, -0.2) is 4.99 Å². The summed E-state index contributed by atoms with van der Waals surface area (Å²) in [5, 5.41) is 6.40. The van der Waals surface area contributed by atoms with Crippen LogP contribution in [0.15, 0.2) is 29.3 Å². The van der Waals surface area contributed by atoms with Crippen LogP contribution in [0.25, 0.3) is 0 Å². The Kier molecular flexibility index (Phi) is 9.98.